The van der Waals surface area contributed by atoms with Crippen LogP contribution in [0.4, 0.5) is 21.5 Å². The third-order valence-corrected chi connectivity index (χ3v) is 7.02. The smallest absolute Gasteiger partial charge is 0.214 e. The summed E-state index contributed by atoms with van der Waals surface area (Å²) in [5.74, 6) is -0.685. The molecule has 6 nitrogen and oxygen atoms in total. The van der Waals surface area contributed by atoms with Crippen molar-refractivity contribution in [1.29, 1.82) is 0 Å². The highest BCUT2D eigenvalue weighted by molar-refractivity contribution is 7.96. The van der Waals surface area contributed by atoms with Gasteiger partial charge in [-0.1, -0.05) is 0 Å². The van der Waals surface area contributed by atoms with E-state index in [4.69, 9.17) is 4.74 Å². The van der Waals surface area contributed by atoms with Crippen molar-refractivity contribution >= 4 is 32.7 Å². The first-order valence-electron chi connectivity index (χ1n) is 9.74. The molecule has 32 heavy (non-hydrogen) atoms. The summed E-state index contributed by atoms with van der Waals surface area (Å²) in [6, 6.07) is 16.9. The molecule has 3 aromatic rings. The summed E-state index contributed by atoms with van der Waals surface area (Å²) in [6.45, 7) is 0. The number of carbonyl (C=O) groups is 1. The number of hydrogen-bond donors (Lipinski definition) is 0. The third-order valence-electron chi connectivity index (χ3n) is 5.23. The lowest BCUT2D eigenvalue weighted by Gasteiger charge is -2.29. The van der Waals surface area contributed by atoms with Gasteiger partial charge in [-0.2, -0.15) is 0 Å². The van der Waals surface area contributed by atoms with Crippen LogP contribution in [-0.4, -0.2) is 35.4 Å². The highest BCUT2D eigenvalue weighted by Crippen LogP contribution is 2.41. The molecular formula is C24H21FN2O4S. The molecule has 0 radical (unpaired) electrons. The molecule has 1 heterocycles. The summed E-state index contributed by atoms with van der Waals surface area (Å²) in [7, 11) is 1.14. The zero-order valence-corrected chi connectivity index (χ0v) is 18.6. The average molecular weight is 453 g/mol. The molecule has 0 spiro atoms. The summed E-state index contributed by atoms with van der Waals surface area (Å²) in [5, 5.41) is 0. The molecule has 4 rings (SSSR count). The quantitative estimate of drug-likeness (QED) is 0.418. The number of carbonyl (C=O) groups excluding carboxylic acids is 1. The number of nitrogens with zero attached hydrogens (tertiary/aromatic N) is 2. The Hall–Kier alpha value is -3.65. The SMILES string of the molecule is COc1ccc(C(=O)C2=CN(c3ccc(N(C)C)cc3)c3cc(F)ccc3S2(=O)=O)cc1. The van der Waals surface area contributed by atoms with Gasteiger partial charge in [-0.05, 0) is 66.7 Å². The minimum absolute atomic E-state index is 0.130. The number of sulfone groups is 1. The molecule has 0 bridgehead atoms. The number of allylic oxidation sites excluding steroid dienone is 1. The van der Waals surface area contributed by atoms with E-state index >= 15 is 0 Å². The number of anilines is 3. The van der Waals surface area contributed by atoms with Crippen molar-refractivity contribution in [2.45, 2.75) is 4.90 Å². The molecule has 0 aromatic heterocycles. The third kappa shape index (κ3) is 3.73. The van der Waals surface area contributed by atoms with Crippen LogP contribution >= 0.6 is 0 Å². The van der Waals surface area contributed by atoms with Gasteiger partial charge in [-0.25, -0.2) is 12.8 Å². The second kappa shape index (κ2) is 8.12. The Bertz CT molecular complexity index is 1320. The first kappa shape index (κ1) is 21.6. The fourth-order valence-electron chi connectivity index (χ4n) is 3.47. The highest BCUT2D eigenvalue weighted by Gasteiger charge is 2.36. The number of hydrogen-bond acceptors (Lipinski definition) is 6. The van der Waals surface area contributed by atoms with Crippen LogP contribution in [0.5, 0.6) is 5.75 Å². The van der Waals surface area contributed by atoms with Gasteiger partial charge >= 0.3 is 0 Å². The van der Waals surface area contributed by atoms with E-state index in [1.54, 1.807) is 24.3 Å². The topological polar surface area (TPSA) is 66.9 Å². The summed E-state index contributed by atoms with van der Waals surface area (Å²) < 4.78 is 45.8. The van der Waals surface area contributed by atoms with Crippen LogP contribution in [0.15, 0.2) is 82.7 Å². The van der Waals surface area contributed by atoms with Crippen molar-refractivity contribution < 1.29 is 22.3 Å². The van der Waals surface area contributed by atoms with Gasteiger partial charge in [0.25, 0.3) is 0 Å². The van der Waals surface area contributed by atoms with Gasteiger partial charge in [0.15, 0.2) is 0 Å². The molecule has 1 aliphatic heterocycles. The minimum atomic E-state index is -4.16. The number of ether oxygens (including phenoxy) is 1. The minimum Gasteiger partial charge on any atom is -0.497 e. The van der Waals surface area contributed by atoms with Crippen molar-refractivity contribution in [3.05, 3.63) is 89.2 Å². The second-order valence-corrected chi connectivity index (χ2v) is 9.33. The van der Waals surface area contributed by atoms with Crippen LogP contribution in [0.3, 0.4) is 0 Å². The van der Waals surface area contributed by atoms with Gasteiger partial charge in [0.2, 0.25) is 15.6 Å². The second-order valence-electron chi connectivity index (χ2n) is 7.45. The first-order chi connectivity index (χ1) is 15.2. The maximum atomic E-state index is 14.1. The Labute approximate surface area is 186 Å². The van der Waals surface area contributed by atoms with Gasteiger partial charge in [-0.3, -0.25) is 4.79 Å². The number of methoxy groups -OCH3 is 1. The number of rotatable bonds is 5. The zero-order chi connectivity index (χ0) is 23.0. The van der Waals surface area contributed by atoms with E-state index in [0.29, 0.717) is 11.4 Å². The van der Waals surface area contributed by atoms with Crippen LogP contribution in [0.2, 0.25) is 0 Å². The van der Waals surface area contributed by atoms with Crippen LogP contribution in [0.1, 0.15) is 10.4 Å². The molecule has 0 saturated carbocycles. The molecule has 0 saturated heterocycles. The van der Waals surface area contributed by atoms with Crippen molar-refractivity contribution in [2.75, 3.05) is 31.0 Å². The Morgan fingerprint density at radius 3 is 2.22 bits per heavy atom. The van der Waals surface area contributed by atoms with E-state index < -0.39 is 26.3 Å². The molecule has 0 fully saturated rings. The molecule has 0 aliphatic carbocycles. The molecule has 8 heteroatoms. The highest BCUT2D eigenvalue weighted by atomic mass is 32.2. The molecule has 0 unspecified atom stereocenters. The molecular weight excluding hydrogens is 431 g/mol. The van der Waals surface area contributed by atoms with Crippen molar-refractivity contribution in [3.63, 3.8) is 0 Å². The standard InChI is InChI=1S/C24H21FN2O4S/c1-26(2)18-7-9-19(10-8-18)27-15-23(24(28)16-4-11-20(31-3)12-5-16)32(29,30)22-13-6-17(25)14-21(22)27/h4-15H,1-3H3. The molecule has 3 aromatic carbocycles. The normalized spacial score (nSPS) is 14.4. The average Bonchev–Trinajstić information content (AvgIpc) is 2.78. The van der Waals surface area contributed by atoms with Crippen LogP contribution in [-0.2, 0) is 9.84 Å². The first-order valence-corrected chi connectivity index (χ1v) is 11.2. The van der Waals surface area contributed by atoms with Gasteiger partial charge in [0.1, 0.15) is 16.5 Å². The van der Waals surface area contributed by atoms with Gasteiger partial charge in [-0.15, -0.1) is 0 Å². The predicted octanol–water partition coefficient (Wildman–Crippen LogP) is 4.55. The summed E-state index contributed by atoms with van der Waals surface area (Å²) in [5.41, 5.74) is 1.89. The van der Waals surface area contributed by atoms with E-state index in [1.807, 2.05) is 31.1 Å². The lowest BCUT2D eigenvalue weighted by Crippen LogP contribution is -2.26. The van der Waals surface area contributed by atoms with E-state index in [9.17, 15) is 17.6 Å². The van der Waals surface area contributed by atoms with E-state index in [1.165, 1.54) is 36.4 Å². The van der Waals surface area contributed by atoms with Gasteiger partial charge in [0.05, 0.1) is 17.7 Å². The fraction of sp³-hybridized carbons (Fsp3) is 0.125. The molecule has 0 atom stereocenters. The number of fused-ring (bicyclic) bond motifs is 1. The summed E-state index contributed by atoms with van der Waals surface area (Å²) in [4.78, 5) is 16.1. The Morgan fingerprint density at radius 2 is 1.62 bits per heavy atom. The van der Waals surface area contributed by atoms with Crippen LogP contribution < -0.4 is 14.5 Å². The summed E-state index contributed by atoms with van der Waals surface area (Å²) in [6.07, 6.45) is 1.26. The van der Waals surface area contributed by atoms with Crippen molar-refractivity contribution in [3.8, 4) is 5.75 Å². The molecule has 0 amide bonds. The lowest BCUT2D eigenvalue weighted by atomic mass is 10.1. The fourth-order valence-corrected chi connectivity index (χ4v) is 4.99. The Kier molecular flexibility index (Phi) is 5.48. The zero-order valence-electron chi connectivity index (χ0n) is 17.7. The molecule has 164 valence electrons. The van der Waals surface area contributed by atoms with Crippen LogP contribution in [0, 0.1) is 5.82 Å². The van der Waals surface area contributed by atoms with Crippen molar-refractivity contribution in [1.82, 2.24) is 0 Å². The number of ketones is 1. The number of benzene rings is 3. The van der Waals surface area contributed by atoms with Gasteiger partial charge in [0, 0.05) is 37.2 Å². The van der Waals surface area contributed by atoms with E-state index in [0.717, 1.165) is 17.8 Å². The monoisotopic (exact) mass is 452 g/mol. The van der Waals surface area contributed by atoms with Gasteiger partial charge < -0.3 is 14.5 Å². The summed E-state index contributed by atoms with van der Waals surface area (Å²) >= 11 is 0. The number of halogens is 1. The Balaban J connectivity index is 1.87. The van der Waals surface area contributed by atoms with E-state index in [2.05, 4.69) is 0 Å². The largest absolute Gasteiger partial charge is 0.497 e. The maximum absolute atomic E-state index is 14.1. The van der Waals surface area contributed by atoms with Crippen molar-refractivity contribution in [2.24, 2.45) is 0 Å². The van der Waals surface area contributed by atoms with Crippen LogP contribution in [0.25, 0.3) is 0 Å². The number of Topliss-reactive ketones (excluding diaryl/α,β-unsaturated/α-hetero) is 1. The Morgan fingerprint density at radius 1 is 0.969 bits per heavy atom. The predicted molar refractivity (Wildman–Crippen MR) is 122 cm³/mol. The maximum Gasteiger partial charge on any atom is 0.214 e. The lowest BCUT2D eigenvalue weighted by molar-refractivity contribution is 0.104. The molecule has 0 N–H and O–H groups in total. The molecule has 1 aliphatic rings. The van der Waals surface area contributed by atoms with E-state index in [-0.39, 0.29) is 16.1 Å².